The number of benzene rings is 1. The molecule has 1 aromatic carbocycles. The van der Waals surface area contributed by atoms with Crippen LogP contribution < -0.4 is 24.8 Å². The summed E-state index contributed by atoms with van der Waals surface area (Å²) in [5.74, 6) is 1.37. The van der Waals surface area contributed by atoms with Gasteiger partial charge in [-0.05, 0) is 17.7 Å². The largest absolute Gasteiger partial charge is 0.493 e. The van der Waals surface area contributed by atoms with Gasteiger partial charge in [0.1, 0.15) is 0 Å². The van der Waals surface area contributed by atoms with Crippen molar-refractivity contribution in [2.24, 2.45) is 7.05 Å². The average molecular weight is 397 g/mol. The lowest BCUT2D eigenvalue weighted by Gasteiger charge is -2.15. The van der Waals surface area contributed by atoms with Crippen LogP contribution in [0.25, 0.3) is 11.3 Å². The molecule has 152 valence electrons. The highest BCUT2D eigenvalue weighted by atomic mass is 16.5. The van der Waals surface area contributed by atoms with E-state index in [1.54, 1.807) is 35.4 Å². The number of urea groups is 1. The van der Waals surface area contributed by atoms with Gasteiger partial charge in [0.2, 0.25) is 5.75 Å². The minimum Gasteiger partial charge on any atom is -0.493 e. The van der Waals surface area contributed by atoms with Gasteiger partial charge in [0.05, 0.1) is 32.7 Å². The Kier molecular flexibility index (Phi) is 6.18. The molecule has 2 N–H and O–H groups in total. The highest BCUT2D eigenvalue weighted by Crippen LogP contribution is 2.39. The van der Waals surface area contributed by atoms with E-state index in [0.29, 0.717) is 29.5 Å². The number of aromatic nitrogens is 3. The molecular weight excluding hydrogens is 374 g/mol. The standard InChI is InChI=1S/C20H23N5O4/c1-25-16(5-6-23-25)14-7-13(10-21-12-14)11-22-20(26)24-15-8-17(27-2)19(29-4)18(9-15)28-3/h5-10,12H,11H2,1-4H3,(H2,22,24,26). The van der Waals surface area contributed by atoms with Gasteiger partial charge >= 0.3 is 6.03 Å². The number of anilines is 1. The fourth-order valence-electron chi connectivity index (χ4n) is 2.89. The van der Waals surface area contributed by atoms with Gasteiger partial charge in [-0.25, -0.2) is 4.79 Å². The molecule has 0 aliphatic heterocycles. The number of nitrogens with zero attached hydrogens (tertiary/aromatic N) is 3. The molecule has 0 atom stereocenters. The Hall–Kier alpha value is -3.75. The summed E-state index contributed by atoms with van der Waals surface area (Å²) < 4.78 is 17.6. The zero-order chi connectivity index (χ0) is 20.8. The topological polar surface area (TPSA) is 99.5 Å². The quantitative estimate of drug-likeness (QED) is 0.636. The van der Waals surface area contributed by atoms with E-state index in [-0.39, 0.29) is 6.03 Å². The Balaban J connectivity index is 1.67. The molecule has 0 saturated carbocycles. The number of pyridine rings is 1. The molecule has 3 rings (SSSR count). The van der Waals surface area contributed by atoms with E-state index in [9.17, 15) is 4.79 Å². The lowest BCUT2D eigenvalue weighted by molar-refractivity contribution is 0.251. The van der Waals surface area contributed by atoms with Crippen molar-refractivity contribution < 1.29 is 19.0 Å². The average Bonchev–Trinajstić information content (AvgIpc) is 3.17. The fraction of sp³-hybridized carbons (Fsp3) is 0.250. The van der Waals surface area contributed by atoms with Crippen LogP contribution in [0.4, 0.5) is 10.5 Å². The summed E-state index contributed by atoms with van der Waals surface area (Å²) in [7, 11) is 6.42. The number of carbonyl (C=O) groups is 1. The second-order valence-electron chi connectivity index (χ2n) is 6.14. The van der Waals surface area contributed by atoms with Gasteiger partial charge in [-0.15, -0.1) is 0 Å². The lowest BCUT2D eigenvalue weighted by atomic mass is 10.1. The van der Waals surface area contributed by atoms with Gasteiger partial charge in [-0.3, -0.25) is 9.67 Å². The first kappa shape index (κ1) is 20.0. The highest BCUT2D eigenvalue weighted by molar-refractivity contribution is 5.90. The second-order valence-corrected chi connectivity index (χ2v) is 6.14. The number of ether oxygens (including phenoxy) is 3. The molecule has 3 aromatic rings. The summed E-state index contributed by atoms with van der Waals surface area (Å²) in [5.41, 5.74) is 3.25. The maximum Gasteiger partial charge on any atom is 0.319 e. The molecule has 2 aromatic heterocycles. The lowest BCUT2D eigenvalue weighted by Crippen LogP contribution is -2.28. The number of carbonyl (C=O) groups excluding carboxylic acids is 1. The maximum absolute atomic E-state index is 12.3. The van der Waals surface area contributed by atoms with Crippen molar-refractivity contribution in [2.45, 2.75) is 6.54 Å². The summed E-state index contributed by atoms with van der Waals surface area (Å²) in [5, 5.41) is 9.74. The molecule has 0 radical (unpaired) electrons. The molecular formula is C20H23N5O4. The van der Waals surface area contributed by atoms with E-state index in [2.05, 4.69) is 20.7 Å². The predicted octanol–water partition coefficient (Wildman–Crippen LogP) is 2.83. The molecule has 9 nitrogen and oxygen atoms in total. The first-order valence-corrected chi connectivity index (χ1v) is 8.83. The summed E-state index contributed by atoms with van der Waals surface area (Å²) in [6, 6.07) is 6.82. The number of methoxy groups -OCH3 is 3. The first-order chi connectivity index (χ1) is 14.0. The predicted molar refractivity (Wildman–Crippen MR) is 108 cm³/mol. The van der Waals surface area contributed by atoms with Gasteiger partial charge in [-0.1, -0.05) is 0 Å². The maximum atomic E-state index is 12.3. The zero-order valence-electron chi connectivity index (χ0n) is 16.7. The Bertz CT molecular complexity index is 977. The smallest absolute Gasteiger partial charge is 0.319 e. The molecule has 0 saturated heterocycles. The van der Waals surface area contributed by atoms with Crippen LogP contribution in [0, 0.1) is 0 Å². The van der Waals surface area contributed by atoms with Crippen LogP contribution in [0.2, 0.25) is 0 Å². The van der Waals surface area contributed by atoms with E-state index in [1.807, 2.05) is 19.2 Å². The van der Waals surface area contributed by atoms with Crippen molar-refractivity contribution in [1.82, 2.24) is 20.1 Å². The molecule has 2 amide bonds. The first-order valence-electron chi connectivity index (χ1n) is 8.83. The third kappa shape index (κ3) is 4.57. The van der Waals surface area contributed by atoms with Gasteiger partial charge in [0.15, 0.2) is 11.5 Å². The summed E-state index contributed by atoms with van der Waals surface area (Å²) in [6.45, 7) is 0.314. The van der Waals surface area contributed by atoms with Crippen LogP contribution in [-0.4, -0.2) is 42.1 Å². The number of nitrogens with one attached hydrogen (secondary N) is 2. The number of amides is 2. The van der Waals surface area contributed by atoms with E-state index in [0.717, 1.165) is 16.8 Å². The van der Waals surface area contributed by atoms with Crippen molar-refractivity contribution in [3.05, 3.63) is 48.4 Å². The third-order valence-electron chi connectivity index (χ3n) is 4.29. The molecule has 9 heteroatoms. The molecule has 0 spiro atoms. The Morgan fingerprint density at radius 3 is 2.38 bits per heavy atom. The minimum atomic E-state index is -0.370. The molecule has 29 heavy (non-hydrogen) atoms. The molecule has 2 heterocycles. The van der Waals surface area contributed by atoms with E-state index in [1.165, 1.54) is 21.3 Å². The van der Waals surface area contributed by atoms with E-state index >= 15 is 0 Å². The van der Waals surface area contributed by atoms with Crippen molar-refractivity contribution in [3.63, 3.8) is 0 Å². The monoisotopic (exact) mass is 397 g/mol. The molecule has 0 bridgehead atoms. The number of aryl methyl sites for hydroxylation is 1. The number of hydrogen-bond donors (Lipinski definition) is 2. The van der Waals surface area contributed by atoms with E-state index < -0.39 is 0 Å². The van der Waals surface area contributed by atoms with Gasteiger partial charge in [-0.2, -0.15) is 5.10 Å². The Morgan fingerprint density at radius 1 is 1.07 bits per heavy atom. The Morgan fingerprint density at radius 2 is 1.79 bits per heavy atom. The zero-order valence-corrected chi connectivity index (χ0v) is 16.7. The van der Waals surface area contributed by atoms with Crippen LogP contribution >= 0.6 is 0 Å². The van der Waals surface area contributed by atoms with Crippen molar-refractivity contribution in [3.8, 4) is 28.5 Å². The second kappa shape index (κ2) is 8.96. The van der Waals surface area contributed by atoms with Crippen molar-refractivity contribution >= 4 is 11.7 Å². The SMILES string of the molecule is COc1cc(NC(=O)NCc2cncc(-c3ccnn3C)c2)cc(OC)c1OC. The van der Waals surface area contributed by atoms with Crippen molar-refractivity contribution in [2.75, 3.05) is 26.6 Å². The number of hydrogen-bond acceptors (Lipinski definition) is 6. The summed E-state index contributed by atoms with van der Waals surface area (Å²) in [6.07, 6.45) is 5.20. The highest BCUT2D eigenvalue weighted by Gasteiger charge is 2.14. The van der Waals surface area contributed by atoms with Gasteiger partial charge in [0, 0.05) is 49.9 Å². The van der Waals surface area contributed by atoms with Crippen LogP contribution in [-0.2, 0) is 13.6 Å². The van der Waals surface area contributed by atoms with Crippen LogP contribution in [0.1, 0.15) is 5.56 Å². The van der Waals surface area contributed by atoms with E-state index in [4.69, 9.17) is 14.2 Å². The summed E-state index contributed by atoms with van der Waals surface area (Å²) >= 11 is 0. The number of rotatable bonds is 7. The summed E-state index contributed by atoms with van der Waals surface area (Å²) in [4.78, 5) is 16.6. The van der Waals surface area contributed by atoms with Crippen molar-refractivity contribution in [1.29, 1.82) is 0 Å². The normalized spacial score (nSPS) is 10.3. The van der Waals surface area contributed by atoms with Crippen LogP contribution in [0.15, 0.2) is 42.9 Å². The fourth-order valence-corrected chi connectivity index (χ4v) is 2.89. The third-order valence-corrected chi connectivity index (χ3v) is 4.29. The van der Waals surface area contributed by atoms with Gasteiger partial charge in [0.25, 0.3) is 0 Å². The molecule has 0 fully saturated rings. The van der Waals surface area contributed by atoms with Gasteiger partial charge < -0.3 is 24.8 Å². The van der Waals surface area contributed by atoms with Crippen LogP contribution in [0.3, 0.4) is 0 Å². The van der Waals surface area contributed by atoms with Crippen LogP contribution in [0.5, 0.6) is 17.2 Å². The minimum absolute atomic E-state index is 0.314. The Labute approximate surface area is 168 Å². The molecule has 0 aliphatic rings. The molecule has 0 unspecified atom stereocenters. The molecule has 0 aliphatic carbocycles.